The van der Waals surface area contributed by atoms with Gasteiger partial charge in [-0.2, -0.15) is 5.26 Å². The van der Waals surface area contributed by atoms with Crippen molar-refractivity contribution in [3.8, 4) is 6.07 Å². The van der Waals surface area contributed by atoms with Crippen LogP contribution in [-0.4, -0.2) is 14.5 Å². The van der Waals surface area contributed by atoms with Gasteiger partial charge < -0.3 is 4.57 Å². The lowest BCUT2D eigenvalue weighted by Crippen LogP contribution is -1.92. The molecule has 4 nitrogen and oxygen atoms in total. The highest BCUT2D eigenvalue weighted by Crippen LogP contribution is 2.12. The summed E-state index contributed by atoms with van der Waals surface area (Å²) in [6.45, 7) is 1.91. The molecule has 0 radical (unpaired) electrons. The number of nitrogens with zero attached hydrogens (tertiary/aromatic N) is 4. The first kappa shape index (κ1) is 7.74. The van der Waals surface area contributed by atoms with Crippen LogP contribution in [0.25, 0.3) is 11.2 Å². The number of rotatable bonds is 0. The molecule has 0 amide bonds. The standard InChI is InChI=1S/C9H8N4/c1-6-12-8-3-7(4-10)5-11-9(8)13(6)2/h3,5H,1-2H3. The quantitative estimate of drug-likeness (QED) is 0.599. The van der Waals surface area contributed by atoms with Crippen LogP contribution in [0.1, 0.15) is 11.4 Å². The molecule has 4 heteroatoms. The van der Waals surface area contributed by atoms with Gasteiger partial charge in [-0.1, -0.05) is 0 Å². The van der Waals surface area contributed by atoms with Crippen molar-refractivity contribution in [3.05, 3.63) is 23.7 Å². The molecule has 0 aromatic carbocycles. The maximum absolute atomic E-state index is 8.65. The Labute approximate surface area is 75.5 Å². The summed E-state index contributed by atoms with van der Waals surface area (Å²) in [6, 6.07) is 3.78. The molecule has 0 unspecified atom stereocenters. The number of aromatic nitrogens is 3. The molecule has 0 aliphatic rings. The molecular formula is C9H8N4. The van der Waals surface area contributed by atoms with Gasteiger partial charge in [-0.25, -0.2) is 9.97 Å². The van der Waals surface area contributed by atoms with Crippen molar-refractivity contribution in [2.24, 2.45) is 7.05 Å². The topological polar surface area (TPSA) is 54.5 Å². The number of nitriles is 1. The van der Waals surface area contributed by atoms with E-state index in [1.54, 1.807) is 12.3 Å². The minimum atomic E-state index is 0.547. The minimum absolute atomic E-state index is 0.547. The number of fused-ring (bicyclic) bond motifs is 1. The van der Waals surface area contributed by atoms with Crippen LogP contribution in [0.2, 0.25) is 0 Å². The predicted octanol–water partition coefficient (Wildman–Crippen LogP) is 1.15. The largest absolute Gasteiger partial charge is 0.316 e. The monoisotopic (exact) mass is 172 g/mol. The molecule has 0 saturated heterocycles. The highest BCUT2D eigenvalue weighted by atomic mass is 15.1. The van der Waals surface area contributed by atoms with Gasteiger partial charge in [0, 0.05) is 13.2 Å². The van der Waals surface area contributed by atoms with Gasteiger partial charge in [0.05, 0.1) is 5.56 Å². The van der Waals surface area contributed by atoms with Gasteiger partial charge in [0.2, 0.25) is 0 Å². The maximum Gasteiger partial charge on any atom is 0.159 e. The SMILES string of the molecule is Cc1nc2cc(C#N)cnc2n1C. The molecule has 2 aromatic rings. The molecule has 2 heterocycles. The molecule has 13 heavy (non-hydrogen) atoms. The van der Waals surface area contributed by atoms with Crippen molar-refractivity contribution in [3.63, 3.8) is 0 Å². The van der Waals surface area contributed by atoms with Crippen LogP contribution in [0.15, 0.2) is 12.3 Å². The Morgan fingerprint density at radius 2 is 2.31 bits per heavy atom. The Bertz CT molecular complexity index is 504. The molecule has 2 rings (SSSR count). The van der Waals surface area contributed by atoms with Crippen molar-refractivity contribution in [2.45, 2.75) is 6.92 Å². The lowest BCUT2D eigenvalue weighted by atomic mass is 10.3. The van der Waals surface area contributed by atoms with E-state index in [0.29, 0.717) is 5.56 Å². The second-order valence-corrected chi connectivity index (χ2v) is 2.90. The first-order valence-electron chi connectivity index (χ1n) is 3.91. The molecule has 0 bridgehead atoms. The third-order valence-electron chi connectivity index (χ3n) is 2.06. The van der Waals surface area contributed by atoms with Crippen molar-refractivity contribution in [1.82, 2.24) is 14.5 Å². The third kappa shape index (κ3) is 1.05. The third-order valence-corrected chi connectivity index (χ3v) is 2.06. The molecule has 0 spiro atoms. The lowest BCUT2D eigenvalue weighted by Gasteiger charge is -1.93. The summed E-state index contributed by atoms with van der Waals surface area (Å²) in [6.07, 6.45) is 1.56. The summed E-state index contributed by atoms with van der Waals surface area (Å²) < 4.78 is 1.90. The molecule has 0 fully saturated rings. The van der Waals surface area contributed by atoms with Gasteiger partial charge in [-0.15, -0.1) is 0 Å². The summed E-state index contributed by atoms with van der Waals surface area (Å²) in [5.41, 5.74) is 2.14. The van der Waals surface area contributed by atoms with Crippen LogP contribution in [0.3, 0.4) is 0 Å². The minimum Gasteiger partial charge on any atom is -0.316 e. The van der Waals surface area contributed by atoms with Gasteiger partial charge in [-0.3, -0.25) is 0 Å². The van der Waals surface area contributed by atoms with Crippen molar-refractivity contribution in [2.75, 3.05) is 0 Å². The Morgan fingerprint density at radius 3 is 3.00 bits per heavy atom. The zero-order valence-corrected chi connectivity index (χ0v) is 7.44. The van der Waals surface area contributed by atoms with Gasteiger partial charge in [0.15, 0.2) is 5.65 Å². The molecular weight excluding hydrogens is 164 g/mol. The van der Waals surface area contributed by atoms with Crippen LogP contribution < -0.4 is 0 Å². The number of aryl methyl sites for hydroxylation is 2. The summed E-state index contributed by atoms with van der Waals surface area (Å²) in [4.78, 5) is 8.42. The van der Waals surface area contributed by atoms with E-state index in [0.717, 1.165) is 17.0 Å². The zero-order valence-electron chi connectivity index (χ0n) is 7.44. The smallest absolute Gasteiger partial charge is 0.159 e. The second-order valence-electron chi connectivity index (χ2n) is 2.90. The lowest BCUT2D eigenvalue weighted by molar-refractivity contribution is 0.874. The summed E-state index contributed by atoms with van der Waals surface area (Å²) in [5.74, 6) is 0.901. The molecule has 0 atom stereocenters. The zero-order chi connectivity index (χ0) is 9.42. The first-order chi connectivity index (χ1) is 6.22. The normalized spacial score (nSPS) is 10.2. The van der Waals surface area contributed by atoms with Gasteiger partial charge in [0.1, 0.15) is 17.4 Å². The molecule has 0 saturated carbocycles. The molecule has 0 aliphatic heterocycles. The van der Waals surface area contributed by atoms with E-state index in [2.05, 4.69) is 9.97 Å². The number of hydrogen-bond donors (Lipinski definition) is 0. The number of pyridine rings is 1. The predicted molar refractivity (Wildman–Crippen MR) is 48.0 cm³/mol. The fourth-order valence-electron chi connectivity index (χ4n) is 1.25. The van der Waals surface area contributed by atoms with Gasteiger partial charge in [-0.05, 0) is 13.0 Å². The van der Waals surface area contributed by atoms with Crippen molar-refractivity contribution < 1.29 is 0 Å². The fraction of sp³-hybridized carbons (Fsp3) is 0.222. The van der Waals surface area contributed by atoms with Crippen LogP contribution in [0, 0.1) is 18.3 Å². The Morgan fingerprint density at radius 1 is 1.54 bits per heavy atom. The highest BCUT2D eigenvalue weighted by Gasteiger charge is 2.05. The number of imidazole rings is 1. The van der Waals surface area contributed by atoms with E-state index in [9.17, 15) is 0 Å². The second kappa shape index (κ2) is 2.56. The Balaban J connectivity index is 2.82. The highest BCUT2D eigenvalue weighted by molar-refractivity contribution is 5.72. The van der Waals surface area contributed by atoms with Crippen LogP contribution in [0.5, 0.6) is 0 Å². The van der Waals surface area contributed by atoms with Crippen molar-refractivity contribution in [1.29, 1.82) is 5.26 Å². The Hall–Kier alpha value is -1.89. The average Bonchev–Trinajstić information content (AvgIpc) is 2.42. The van der Waals surface area contributed by atoms with E-state index in [-0.39, 0.29) is 0 Å². The molecule has 0 N–H and O–H groups in total. The van der Waals surface area contributed by atoms with Crippen LogP contribution in [0.4, 0.5) is 0 Å². The number of hydrogen-bond acceptors (Lipinski definition) is 3. The average molecular weight is 172 g/mol. The maximum atomic E-state index is 8.65. The summed E-state index contributed by atoms with van der Waals surface area (Å²) in [5, 5.41) is 8.65. The van der Waals surface area contributed by atoms with E-state index >= 15 is 0 Å². The van der Waals surface area contributed by atoms with Crippen LogP contribution >= 0.6 is 0 Å². The first-order valence-corrected chi connectivity index (χ1v) is 3.91. The van der Waals surface area contributed by atoms with Crippen LogP contribution in [-0.2, 0) is 7.05 Å². The van der Waals surface area contributed by atoms with Gasteiger partial charge >= 0.3 is 0 Å². The summed E-state index contributed by atoms with van der Waals surface area (Å²) >= 11 is 0. The van der Waals surface area contributed by atoms with E-state index in [4.69, 9.17) is 5.26 Å². The fourth-order valence-corrected chi connectivity index (χ4v) is 1.25. The van der Waals surface area contributed by atoms with E-state index in [1.165, 1.54) is 0 Å². The Kier molecular flexibility index (Phi) is 1.52. The molecule has 64 valence electrons. The molecule has 2 aromatic heterocycles. The summed E-state index contributed by atoms with van der Waals surface area (Å²) in [7, 11) is 1.91. The van der Waals surface area contributed by atoms with E-state index < -0.39 is 0 Å². The van der Waals surface area contributed by atoms with E-state index in [1.807, 2.05) is 24.6 Å². The van der Waals surface area contributed by atoms with Crippen molar-refractivity contribution >= 4 is 11.2 Å². The van der Waals surface area contributed by atoms with Gasteiger partial charge in [0.25, 0.3) is 0 Å². The molecule has 0 aliphatic carbocycles.